The van der Waals surface area contributed by atoms with Gasteiger partial charge in [-0.05, 0) is 31.2 Å². The third kappa shape index (κ3) is 4.24. The molecule has 0 saturated carbocycles. The molecule has 0 bridgehead atoms. The SMILES string of the molecule is C[C@H](Oc1ccc(C#N)c(Cl)c1C(=O)N1Cc2cn(-c3ccccc3F)nc2C1)C(F)(F)F. The number of para-hydroxylation sites is 1. The number of alkyl halides is 3. The normalized spacial score (nSPS) is 14.0. The minimum atomic E-state index is -4.67. The van der Waals surface area contributed by atoms with Crippen LogP contribution in [0.4, 0.5) is 17.6 Å². The highest BCUT2D eigenvalue weighted by Gasteiger charge is 2.39. The molecule has 4 rings (SSSR count). The molecule has 3 aromatic rings. The van der Waals surface area contributed by atoms with Crippen molar-refractivity contribution in [2.24, 2.45) is 0 Å². The molecule has 6 nitrogen and oxygen atoms in total. The maximum absolute atomic E-state index is 14.1. The van der Waals surface area contributed by atoms with E-state index in [9.17, 15) is 27.6 Å². The van der Waals surface area contributed by atoms with Gasteiger partial charge in [0.15, 0.2) is 6.10 Å². The first-order valence-corrected chi connectivity index (χ1v) is 10.1. The molecule has 0 N–H and O–H groups in total. The number of ether oxygens (including phenoxy) is 1. The van der Waals surface area contributed by atoms with E-state index in [0.717, 1.165) is 13.0 Å². The number of hydrogen-bond donors (Lipinski definition) is 0. The van der Waals surface area contributed by atoms with E-state index in [-0.39, 0.29) is 40.7 Å². The Kier molecular flexibility index (Phi) is 5.76. The van der Waals surface area contributed by atoms with Gasteiger partial charge in [-0.15, -0.1) is 0 Å². The van der Waals surface area contributed by atoms with Gasteiger partial charge in [0.25, 0.3) is 5.91 Å². The largest absolute Gasteiger partial charge is 0.480 e. The Morgan fingerprint density at radius 2 is 1.97 bits per heavy atom. The van der Waals surface area contributed by atoms with E-state index >= 15 is 0 Å². The van der Waals surface area contributed by atoms with E-state index in [1.165, 1.54) is 21.7 Å². The summed E-state index contributed by atoms with van der Waals surface area (Å²) in [7, 11) is 0. The van der Waals surface area contributed by atoms with Gasteiger partial charge in [-0.25, -0.2) is 9.07 Å². The molecule has 0 unspecified atom stereocenters. The molecule has 0 fully saturated rings. The number of rotatable bonds is 4. The van der Waals surface area contributed by atoms with Crippen molar-refractivity contribution in [3.8, 4) is 17.5 Å². The van der Waals surface area contributed by atoms with Crippen LogP contribution in [0.25, 0.3) is 5.69 Å². The molecule has 2 aromatic carbocycles. The zero-order chi connectivity index (χ0) is 23.9. The van der Waals surface area contributed by atoms with E-state index < -0.39 is 24.0 Å². The average molecular weight is 479 g/mol. The van der Waals surface area contributed by atoms with Crippen LogP contribution >= 0.6 is 11.6 Å². The lowest BCUT2D eigenvalue weighted by Crippen LogP contribution is -2.33. The second-order valence-corrected chi connectivity index (χ2v) is 7.75. The number of nitrogens with zero attached hydrogens (tertiary/aromatic N) is 4. The lowest BCUT2D eigenvalue weighted by atomic mass is 10.1. The fourth-order valence-electron chi connectivity index (χ4n) is 3.41. The molecule has 1 aliphatic heterocycles. The van der Waals surface area contributed by atoms with Crippen molar-refractivity contribution >= 4 is 17.5 Å². The summed E-state index contributed by atoms with van der Waals surface area (Å²) in [5.74, 6) is -1.56. The van der Waals surface area contributed by atoms with E-state index in [1.807, 2.05) is 0 Å². The van der Waals surface area contributed by atoms with Gasteiger partial charge in [0.05, 0.1) is 22.8 Å². The molecular weight excluding hydrogens is 464 g/mol. The van der Waals surface area contributed by atoms with Crippen molar-refractivity contribution in [1.82, 2.24) is 14.7 Å². The van der Waals surface area contributed by atoms with Gasteiger partial charge in [-0.3, -0.25) is 4.79 Å². The highest BCUT2D eigenvalue weighted by Crippen LogP contribution is 2.36. The van der Waals surface area contributed by atoms with Crippen LogP contribution in [0.2, 0.25) is 5.02 Å². The first-order chi connectivity index (χ1) is 15.6. The Morgan fingerprint density at radius 3 is 2.61 bits per heavy atom. The van der Waals surface area contributed by atoms with Crippen molar-refractivity contribution in [3.63, 3.8) is 0 Å². The van der Waals surface area contributed by atoms with Crippen LogP contribution in [0, 0.1) is 17.1 Å². The number of hydrogen-bond acceptors (Lipinski definition) is 4. The van der Waals surface area contributed by atoms with Gasteiger partial charge >= 0.3 is 6.18 Å². The summed E-state index contributed by atoms with van der Waals surface area (Å²) in [5.41, 5.74) is 0.981. The molecule has 0 spiro atoms. The van der Waals surface area contributed by atoms with Gasteiger partial charge < -0.3 is 9.64 Å². The van der Waals surface area contributed by atoms with Gasteiger partial charge in [0, 0.05) is 18.3 Å². The summed E-state index contributed by atoms with van der Waals surface area (Å²) in [5, 5.41) is 13.3. The van der Waals surface area contributed by atoms with Gasteiger partial charge in [0.2, 0.25) is 0 Å². The number of carbonyl (C=O) groups is 1. The highest BCUT2D eigenvalue weighted by molar-refractivity contribution is 6.35. The van der Waals surface area contributed by atoms with Crippen molar-refractivity contribution in [1.29, 1.82) is 5.26 Å². The summed E-state index contributed by atoms with van der Waals surface area (Å²) in [6, 6.07) is 10.2. The molecule has 170 valence electrons. The molecule has 1 amide bonds. The molecule has 11 heteroatoms. The number of nitriles is 1. The van der Waals surface area contributed by atoms with Crippen LogP contribution in [0.3, 0.4) is 0 Å². The molecule has 0 aliphatic carbocycles. The summed E-state index contributed by atoms with van der Waals surface area (Å²) >= 11 is 6.20. The predicted molar refractivity (Wildman–Crippen MR) is 109 cm³/mol. The monoisotopic (exact) mass is 478 g/mol. The molecule has 33 heavy (non-hydrogen) atoms. The van der Waals surface area contributed by atoms with E-state index in [4.69, 9.17) is 16.3 Å². The predicted octanol–water partition coefficient (Wildman–Crippen LogP) is 5.02. The zero-order valence-corrected chi connectivity index (χ0v) is 17.8. The summed E-state index contributed by atoms with van der Waals surface area (Å²) in [6.07, 6.45) is -5.29. The Balaban J connectivity index is 1.63. The van der Waals surface area contributed by atoms with Crippen molar-refractivity contribution < 1.29 is 27.1 Å². The fourth-order valence-corrected chi connectivity index (χ4v) is 3.69. The first kappa shape index (κ1) is 22.6. The molecule has 2 heterocycles. The molecule has 0 saturated heterocycles. The number of amides is 1. The number of benzene rings is 2. The summed E-state index contributed by atoms with van der Waals surface area (Å²) in [6.45, 7) is 0.901. The molecule has 1 atom stereocenters. The Morgan fingerprint density at radius 1 is 1.24 bits per heavy atom. The summed E-state index contributed by atoms with van der Waals surface area (Å²) in [4.78, 5) is 14.6. The van der Waals surface area contributed by atoms with Gasteiger partial charge in [-0.1, -0.05) is 23.7 Å². The van der Waals surface area contributed by atoms with Crippen LogP contribution in [-0.4, -0.2) is 32.9 Å². The lowest BCUT2D eigenvalue weighted by Gasteiger charge is -2.23. The zero-order valence-electron chi connectivity index (χ0n) is 17.0. The van der Waals surface area contributed by atoms with Crippen molar-refractivity contribution in [3.05, 3.63) is 75.8 Å². The molecular formula is C22H15ClF4N4O2. The van der Waals surface area contributed by atoms with Crippen LogP contribution in [0.5, 0.6) is 5.75 Å². The van der Waals surface area contributed by atoms with Crippen LogP contribution < -0.4 is 4.74 Å². The topological polar surface area (TPSA) is 71.2 Å². The van der Waals surface area contributed by atoms with Gasteiger partial charge in [-0.2, -0.15) is 23.5 Å². The maximum atomic E-state index is 14.1. The minimum absolute atomic E-state index is 0.0248. The molecule has 0 radical (unpaired) electrons. The van der Waals surface area contributed by atoms with Crippen molar-refractivity contribution in [2.45, 2.75) is 32.3 Å². The summed E-state index contributed by atoms with van der Waals surface area (Å²) < 4.78 is 59.5. The van der Waals surface area contributed by atoms with Crippen LogP contribution in [-0.2, 0) is 13.1 Å². The average Bonchev–Trinajstić information content (AvgIpc) is 3.32. The first-order valence-electron chi connectivity index (χ1n) is 9.67. The number of aromatic nitrogens is 2. The lowest BCUT2D eigenvalue weighted by molar-refractivity contribution is -0.189. The van der Waals surface area contributed by atoms with E-state index in [0.29, 0.717) is 11.3 Å². The minimum Gasteiger partial charge on any atom is -0.480 e. The number of fused-ring (bicyclic) bond motifs is 1. The molecule has 1 aliphatic rings. The van der Waals surface area contributed by atoms with Crippen molar-refractivity contribution in [2.75, 3.05) is 0 Å². The Labute approximate surface area is 190 Å². The molecule has 1 aromatic heterocycles. The quantitative estimate of drug-likeness (QED) is 0.494. The second kappa shape index (κ2) is 8.41. The maximum Gasteiger partial charge on any atom is 0.425 e. The van der Waals surface area contributed by atoms with E-state index in [2.05, 4.69) is 5.10 Å². The van der Waals surface area contributed by atoms with Gasteiger partial charge in [0.1, 0.15) is 28.9 Å². The third-order valence-electron chi connectivity index (χ3n) is 5.17. The third-order valence-corrected chi connectivity index (χ3v) is 5.56. The number of halogens is 5. The number of carbonyl (C=O) groups excluding carboxylic acids is 1. The van der Waals surface area contributed by atoms with Crippen LogP contribution in [0.1, 0.15) is 34.1 Å². The Hall–Kier alpha value is -3.58. The smallest absolute Gasteiger partial charge is 0.425 e. The Bertz CT molecular complexity index is 1260. The highest BCUT2D eigenvalue weighted by atomic mass is 35.5. The second-order valence-electron chi connectivity index (χ2n) is 7.37. The van der Waals surface area contributed by atoms with Crippen LogP contribution in [0.15, 0.2) is 42.6 Å². The van der Waals surface area contributed by atoms with E-state index in [1.54, 1.807) is 30.5 Å². The fraction of sp³-hybridized carbons (Fsp3) is 0.227. The standard InChI is InChI=1S/C22H15ClF4N4O2/c1-12(22(25,26)27)33-18-7-6-13(8-28)20(23)19(18)21(32)30-9-14-10-31(29-16(14)11-30)17-5-3-2-4-15(17)24/h2-7,10,12H,9,11H2,1H3/t12-/m0/s1.